The minimum atomic E-state index is -1.02. The highest BCUT2D eigenvalue weighted by Crippen LogP contribution is 2.30. The van der Waals surface area contributed by atoms with Gasteiger partial charge in [0.2, 0.25) is 5.95 Å². The van der Waals surface area contributed by atoms with E-state index in [1.54, 1.807) is 17.7 Å². The second kappa shape index (κ2) is 4.75. The maximum absolute atomic E-state index is 11.2. The fourth-order valence-electron chi connectivity index (χ4n) is 2.15. The van der Waals surface area contributed by atoms with Gasteiger partial charge in [-0.05, 0) is 30.7 Å². The molecule has 0 fully saturated rings. The van der Waals surface area contributed by atoms with Crippen LogP contribution in [0.25, 0.3) is 0 Å². The standard InChI is InChI=1S/C13H11BrN4O2/c1-7-15-13-16-10(12(19)20)6-11(18(13)17-7)8-3-2-4-9(14)5-8/h2-6,11H,1H3,(H,19,20)(H,15,16,17). The van der Waals surface area contributed by atoms with Crippen molar-refractivity contribution in [3.63, 3.8) is 0 Å². The molecule has 3 rings (SSSR count). The van der Waals surface area contributed by atoms with Crippen molar-refractivity contribution in [3.05, 3.63) is 51.9 Å². The molecule has 7 heteroatoms. The Kier molecular flexibility index (Phi) is 3.06. The van der Waals surface area contributed by atoms with E-state index in [0.717, 1.165) is 10.0 Å². The molecule has 2 N–H and O–H groups in total. The topological polar surface area (TPSA) is 80.0 Å². The summed E-state index contributed by atoms with van der Waals surface area (Å²) in [6.45, 7) is 1.77. The number of anilines is 1. The first kappa shape index (κ1) is 12.9. The predicted molar refractivity (Wildman–Crippen MR) is 76.4 cm³/mol. The molecule has 20 heavy (non-hydrogen) atoms. The minimum Gasteiger partial charge on any atom is -0.477 e. The Morgan fingerprint density at radius 1 is 1.50 bits per heavy atom. The third-order valence-corrected chi connectivity index (χ3v) is 3.49. The largest absolute Gasteiger partial charge is 0.477 e. The molecule has 1 aromatic heterocycles. The molecule has 0 saturated carbocycles. The zero-order valence-corrected chi connectivity index (χ0v) is 12.1. The molecule has 1 atom stereocenters. The van der Waals surface area contributed by atoms with Crippen LogP contribution < -0.4 is 5.32 Å². The number of carbonyl (C=O) groups is 1. The fourth-order valence-corrected chi connectivity index (χ4v) is 2.57. The third-order valence-electron chi connectivity index (χ3n) is 2.99. The van der Waals surface area contributed by atoms with Crippen molar-refractivity contribution in [2.75, 3.05) is 5.32 Å². The lowest BCUT2D eigenvalue weighted by molar-refractivity contribution is -0.132. The summed E-state index contributed by atoms with van der Waals surface area (Å²) in [5.41, 5.74) is 1.04. The van der Waals surface area contributed by atoms with Crippen molar-refractivity contribution in [2.24, 2.45) is 0 Å². The van der Waals surface area contributed by atoms with Gasteiger partial charge in [0.25, 0.3) is 0 Å². The maximum Gasteiger partial charge on any atom is 0.352 e. The highest BCUT2D eigenvalue weighted by molar-refractivity contribution is 9.10. The number of hydrogen-bond donors (Lipinski definition) is 2. The van der Waals surface area contributed by atoms with E-state index < -0.39 is 5.97 Å². The first-order chi connectivity index (χ1) is 9.54. The molecular formula is C13H11BrN4O2. The molecule has 0 saturated heterocycles. The molecule has 0 radical (unpaired) electrons. The number of halogens is 1. The van der Waals surface area contributed by atoms with Gasteiger partial charge in [-0.15, -0.1) is 0 Å². The molecule has 0 amide bonds. The van der Waals surface area contributed by atoms with Crippen molar-refractivity contribution in [1.82, 2.24) is 14.8 Å². The molecule has 0 aliphatic carbocycles. The number of aryl methyl sites for hydroxylation is 1. The van der Waals surface area contributed by atoms with Crippen LogP contribution in [0.5, 0.6) is 0 Å². The second-order valence-corrected chi connectivity index (χ2v) is 5.35. The normalized spacial score (nSPS) is 17.1. The van der Waals surface area contributed by atoms with E-state index in [0.29, 0.717) is 11.8 Å². The van der Waals surface area contributed by atoms with Crippen LogP contribution in [-0.4, -0.2) is 25.8 Å². The molecule has 2 heterocycles. The van der Waals surface area contributed by atoms with Crippen LogP contribution in [0.15, 0.2) is 40.5 Å². The number of carboxylic acids is 1. The van der Waals surface area contributed by atoms with Gasteiger partial charge in [0.05, 0.1) is 0 Å². The van der Waals surface area contributed by atoms with Crippen LogP contribution in [0.4, 0.5) is 5.95 Å². The summed E-state index contributed by atoms with van der Waals surface area (Å²) in [4.78, 5) is 15.4. The highest BCUT2D eigenvalue weighted by atomic mass is 79.9. The van der Waals surface area contributed by atoms with Gasteiger partial charge in [0.1, 0.15) is 17.6 Å². The average Bonchev–Trinajstić information content (AvgIpc) is 2.77. The molecule has 0 spiro atoms. The Labute approximate surface area is 123 Å². The SMILES string of the molecule is Cc1nc2n(n1)C(c1cccc(Br)c1)C=C(C(=O)O)N2. The lowest BCUT2D eigenvalue weighted by Crippen LogP contribution is -2.24. The summed E-state index contributed by atoms with van der Waals surface area (Å²) in [7, 11) is 0. The lowest BCUT2D eigenvalue weighted by Gasteiger charge is -2.22. The van der Waals surface area contributed by atoms with E-state index in [4.69, 9.17) is 0 Å². The van der Waals surface area contributed by atoms with Crippen molar-refractivity contribution in [2.45, 2.75) is 13.0 Å². The Morgan fingerprint density at radius 3 is 3.00 bits per heavy atom. The van der Waals surface area contributed by atoms with Crippen molar-refractivity contribution in [1.29, 1.82) is 0 Å². The van der Waals surface area contributed by atoms with Gasteiger partial charge in [-0.1, -0.05) is 28.1 Å². The lowest BCUT2D eigenvalue weighted by atomic mass is 10.0. The number of rotatable bonds is 2. The van der Waals surface area contributed by atoms with Crippen molar-refractivity contribution in [3.8, 4) is 0 Å². The number of carboxylic acid groups (broad SMARTS) is 1. The van der Waals surface area contributed by atoms with E-state index in [2.05, 4.69) is 31.3 Å². The molecular weight excluding hydrogens is 324 g/mol. The first-order valence-electron chi connectivity index (χ1n) is 5.95. The van der Waals surface area contributed by atoms with Crippen LogP contribution in [-0.2, 0) is 4.79 Å². The fraction of sp³-hybridized carbons (Fsp3) is 0.154. The summed E-state index contributed by atoms with van der Waals surface area (Å²) in [5, 5.41) is 16.3. The second-order valence-electron chi connectivity index (χ2n) is 4.44. The zero-order valence-electron chi connectivity index (χ0n) is 10.5. The number of hydrogen-bond acceptors (Lipinski definition) is 4. The zero-order chi connectivity index (χ0) is 14.3. The van der Waals surface area contributed by atoms with Crippen LogP contribution in [0.3, 0.4) is 0 Å². The van der Waals surface area contributed by atoms with E-state index >= 15 is 0 Å². The Morgan fingerprint density at radius 2 is 2.30 bits per heavy atom. The quantitative estimate of drug-likeness (QED) is 0.881. The van der Waals surface area contributed by atoms with Crippen LogP contribution in [0, 0.1) is 6.92 Å². The van der Waals surface area contributed by atoms with Gasteiger partial charge in [0.15, 0.2) is 0 Å². The molecule has 102 valence electrons. The van der Waals surface area contributed by atoms with E-state index in [-0.39, 0.29) is 11.7 Å². The molecule has 1 unspecified atom stereocenters. The third kappa shape index (κ3) is 2.20. The Bertz CT molecular complexity index is 723. The molecule has 1 aliphatic heterocycles. The average molecular weight is 335 g/mol. The molecule has 2 aromatic rings. The van der Waals surface area contributed by atoms with E-state index in [1.807, 2.05) is 24.3 Å². The number of aliphatic carboxylic acids is 1. The van der Waals surface area contributed by atoms with Gasteiger partial charge in [-0.2, -0.15) is 10.1 Å². The molecule has 6 nitrogen and oxygen atoms in total. The van der Waals surface area contributed by atoms with Crippen molar-refractivity contribution < 1.29 is 9.90 Å². The molecule has 0 bridgehead atoms. The van der Waals surface area contributed by atoms with Crippen molar-refractivity contribution >= 4 is 27.8 Å². The summed E-state index contributed by atoms with van der Waals surface area (Å²) < 4.78 is 2.61. The van der Waals surface area contributed by atoms with E-state index in [9.17, 15) is 9.90 Å². The van der Waals surface area contributed by atoms with E-state index in [1.165, 1.54) is 0 Å². The summed E-state index contributed by atoms with van der Waals surface area (Å²) in [6.07, 6.45) is 1.63. The molecule has 1 aliphatic rings. The van der Waals surface area contributed by atoms with Gasteiger partial charge in [0, 0.05) is 4.47 Å². The first-order valence-corrected chi connectivity index (χ1v) is 6.74. The number of aromatic nitrogens is 3. The number of nitrogens with one attached hydrogen (secondary N) is 1. The van der Waals surface area contributed by atoms with Gasteiger partial charge < -0.3 is 10.4 Å². The smallest absolute Gasteiger partial charge is 0.352 e. The van der Waals surface area contributed by atoms with Crippen LogP contribution in [0.2, 0.25) is 0 Å². The Hall–Kier alpha value is -2.15. The molecule has 1 aromatic carbocycles. The van der Waals surface area contributed by atoms with Crippen LogP contribution in [0.1, 0.15) is 17.4 Å². The minimum absolute atomic E-state index is 0.106. The number of allylic oxidation sites excluding steroid dienone is 1. The monoisotopic (exact) mass is 334 g/mol. The summed E-state index contributed by atoms with van der Waals surface area (Å²) >= 11 is 3.42. The summed E-state index contributed by atoms with van der Waals surface area (Å²) in [6, 6.07) is 7.39. The summed E-state index contributed by atoms with van der Waals surface area (Å²) in [5.74, 6) is 0.0109. The highest BCUT2D eigenvalue weighted by Gasteiger charge is 2.26. The Balaban J connectivity index is 2.14. The predicted octanol–water partition coefficient (Wildman–Crippen LogP) is 2.33. The van der Waals surface area contributed by atoms with Gasteiger partial charge in [-0.3, -0.25) is 0 Å². The number of nitrogens with zero attached hydrogens (tertiary/aromatic N) is 3. The van der Waals surface area contributed by atoms with Gasteiger partial charge in [-0.25, -0.2) is 9.48 Å². The number of benzene rings is 1. The number of fused-ring (bicyclic) bond motifs is 1. The van der Waals surface area contributed by atoms with Crippen LogP contribution >= 0.6 is 15.9 Å². The van der Waals surface area contributed by atoms with Gasteiger partial charge >= 0.3 is 5.97 Å². The maximum atomic E-state index is 11.2.